The summed E-state index contributed by atoms with van der Waals surface area (Å²) in [6.07, 6.45) is -3.20. The summed E-state index contributed by atoms with van der Waals surface area (Å²) < 4.78 is 41.1. The largest absolute Gasteiger partial charge is 0.441 e. The molecule has 33 heavy (non-hydrogen) atoms. The topological polar surface area (TPSA) is 73.8 Å². The van der Waals surface area contributed by atoms with Gasteiger partial charge in [-0.2, -0.15) is 28.3 Å². The van der Waals surface area contributed by atoms with Gasteiger partial charge >= 0.3 is 6.18 Å². The molecule has 0 fully saturated rings. The van der Waals surface area contributed by atoms with E-state index in [0.717, 1.165) is 32.9 Å². The summed E-state index contributed by atoms with van der Waals surface area (Å²) in [5, 5.41) is 13.3. The molecule has 0 atom stereocenters. The summed E-state index contributed by atoms with van der Waals surface area (Å²) in [6.45, 7) is 3.80. The zero-order chi connectivity index (χ0) is 23.5. The number of aryl methyl sites for hydroxylation is 1. The molecule has 6 nitrogen and oxygen atoms in total. The Hall–Kier alpha value is -3.66. The Balaban J connectivity index is 1.55. The fourth-order valence-electron chi connectivity index (χ4n) is 3.91. The van der Waals surface area contributed by atoms with Gasteiger partial charge in [-0.25, -0.2) is 0 Å². The fraction of sp³-hybridized carbons (Fsp3) is 0.130. The molecule has 3 heterocycles. The molecule has 166 valence electrons. The summed E-state index contributed by atoms with van der Waals surface area (Å²) >= 11 is 0.233. The molecular weight excluding hydrogens is 451 g/mol. The van der Waals surface area contributed by atoms with Crippen LogP contribution in [0.2, 0.25) is 0 Å². The van der Waals surface area contributed by atoms with E-state index < -0.39 is 23.0 Å². The number of amidine groups is 2. The maximum Gasteiger partial charge on any atom is 0.441 e. The molecule has 0 unspecified atom stereocenters. The Morgan fingerprint density at radius 1 is 1.06 bits per heavy atom. The maximum atomic E-state index is 13.0. The summed E-state index contributed by atoms with van der Waals surface area (Å²) in [6, 6.07) is 15.9. The van der Waals surface area contributed by atoms with Crippen molar-refractivity contribution in [3.05, 3.63) is 71.1 Å². The molecular formula is C23H16F3N5OS. The van der Waals surface area contributed by atoms with Gasteiger partial charge in [-0.05, 0) is 66.2 Å². The summed E-state index contributed by atoms with van der Waals surface area (Å²) in [5.74, 6) is -1.21. The fourth-order valence-corrected chi connectivity index (χ4v) is 4.67. The summed E-state index contributed by atoms with van der Waals surface area (Å²) in [7, 11) is 0. The number of carbonyl (C=O) groups excluding carboxylic acids is 1. The third-order valence-electron chi connectivity index (χ3n) is 5.46. The van der Waals surface area contributed by atoms with Gasteiger partial charge in [0.05, 0.1) is 5.57 Å². The predicted molar refractivity (Wildman–Crippen MR) is 124 cm³/mol. The molecule has 5 rings (SSSR count). The lowest BCUT2D eigenvalue weighted by atomic mass is 10.1. The molecule has 0 spiro atoms. The Labute approximate surface area is 190 Å². The highest BCUT2D eigenvalue weighted by Gasteiger charge is 2.46. The van der Waals surface area contributed by atoms with Crippen LogP contribution in [-0.4, -0.2) is 37.7 Å². The number of hydrogen-bond donors (Lipinski definition) is 1. The number of alkyl halides is 3. The van der Waals surface area contributed by atoms with E-state index in [1.54, 1.807) is 0 Å². The predicted octanol–water partition coefficient (Wildman–Crippen LogP) is 5.43. The van der Waals surface area contributed by atoms with Gasteiger partial charge in [-0.1, -0.05) is 30.3 Å². The van der Waals surface area contributed by atoms with E-state index in [2.05, 4.69) is 16.2 Å². The number of rotatable bonds is 2. The molecule has 2 aliphatic rings. The number of carbonyl (C=O) groups is 1. The lowest BCUT2D eigenvalue weighted by Crippen LogP contribution is -2.35. The van der Waals surface area contributed by atoms with Crippen molar-refractivity contribution < 1.29 is 18.0 Å². The first kappa shape index (κ1) is 21.2. The van der Waals surface area contributed by atoms with E-state index in [0.29, 0.717) is 5.56 Å². The van der Waals surface area contributed by atoms with Crippen molar-refractivity contribution in [2.75, 3.05) is 0 Å². The number of aromatic nitrogens is 1. The molecule has 0 saturated heterocycles. The molecule has 1 N–H and O–H groups in total. The van der Waals surface area contributed by atoms with Crippen molar-refractivity contribution in [3.8, 4) is 5.69 Å². The highest BCUT2D eigenvalue weighted by Crippen LogP contribution is 2.35. The lowest BCUT2D eigenvalue weighted by Gasteiger charge is -2.20. The molecule has 3 aromatic rings. The van der Waals surface area contributed by atoms with Gasteiger partial charge < -0.3 is 4.57 Å². The number of nitrogens with one attached hydrogen (secondary N) is 1. The molecule has 0 aliphatic carbocycles. The van der Waals surface area contributed by atoms with E-state index in [1.165, 1.54) is 6.08 Å². The van der Waals surface area contributed by atoms with Crippen LogP contribution in [-0.2, 0) is 4.79 Å². The number of aliphatic imine (C=N–C) groups is 1. The van der Waals surface area contributed by atoms with Crippen LogP contribution in [0.5, 0.6) is 0 Å². The maximum absolute atomic E-state index is 13.0. The van der Waals surface area contributed by atoms with Crippen LogP contribution in [0.15, 0.2) is 64.2 Å². The van der Waals surface area contributed by atoms with Crippen LogP contribution in [0.4, 0.5) is 13.2 Å². The monoisotopic (exact) mass is 467 g/mol. The summed E-state index contributed by atoms with van der Waals surface area (Å²) in [5.41, 5.74) is 3.21. The van der Waals surface area contributed by atoms with Crippen molar-refractivity contribution in [2.24, 2.45) is 10.1 Å². The van der Waals surface area contributed by atoms with Crippen molar-refractivity contribution in [1.82, 2.24) is 9.58 Å². The minimum Gasteiger partial charge on any atom is -0.318 e. The van der Waals surface area contributed by atoms with Crippen molar-refractivity contribution in [1.29, 1.82) is 5.41 Å². The first-order valence-electron chi connectivity index (χ1n) is 9.89. The first-order valence-corrected chi connectivity index (χ1v) is 10.7. The first-order chi connectivity index (χ1) is 15.6. The average molecular weight is 467 g/mol. The molecule has 2 aliphatic heterocycles. The van der Waals surface area contributed by atoms with Gasteiger partial charge in [0, 0.05) is 17.1 Å². The molecule has 1 aromatic heterocycles. The quantitative estimate of drug-likeness (QED) is 0.511. The number of thioether (sulfide) groups is 1. The van der Waals surface area contributed by atoms with Crippen LogP contribution in [0.3, 0.4) is 0 Å². The molecule has 0 radical (unpaired) electrons. The SMILES string of the molecule is Cc1cc(/C=C2\C(=N)N3N=C(C(F)(F)F)SC3=NC2=O)c(C)n1-c1ccc2ccccc2c1. The third kappa shape index (κ3) is 3.56. The Morgan fingerprint density at radius 2 is 1.79 bits per heavy atom. The molecule has 1 amide bonds. The second kappa shape index (κ2) is 7.45. The Kier molecular flexibility index (Phi) is 4.78. The number of hydrazone groups is 1. The van der Waals surface area contributed by atoms with E-state index in [9.17, 15) is 18.0 Å². The Morgan fingerprint density at radius 3 is 2.52 bits per heavy atom. The van der Waals surface area contributed by atoms with E-state index in [-0.39, 0.29) is 22.5 Å². The van der Waals surface area contributed by atoms with Gasteiger partial charge in [0.25, 0.3) is 5.91 Å². The van der Waals surface area contributed by atoms with Gasteiger partial charge in [0.1, 0.15) is 0 Å². The van der Waals surface area contributed by atoms with Gasteiger partial charge in [0.2, 0.25) is 10.2 Å². The third-order valence-corrected chi connectivity index (χ3v) is 6.41. The van der Waals surface area contributed by atoms with E-state index in [1.807, 2.05) is 60.9 Å². The van der Waals surface area contributed by atoms with Crippen molar-refractivity contribution in [2.45, 2.75) is 20.0 Å². The zero-order valence-electron chi connectivity index (χ0n) is 17.4. The second-order valence-corrected chi connectivity index (χ2v) is 8.57. The van der Waals surface area contributed by atoms with E-state index >= 15 is 0 Å². The van der Waals surface area contributed by atoms with Gasteiger partial charge in [-0.3, -0.25) is 10.2 Å². The number of amides is 1. The van der Waals surface area contributed by atoms with Crippen LogP contribution in [0.1, 0.15) is 17.0 Å². The molecule has 2 aromatic carbocycles. The molecule has 0 bridgehead atoms. The lowest BCUT2D eigenvalue weighted by molar-refractivity contribution is -0.114. The standard InChI is InChI=1S/C23H16F3N5OS/c1-12-9-16(13(2)30(12)17-8-7-14-5-3-4-6-15(14)10-17)11-18-19(27)31-22(28-20(18)32)33-21(29-31)23(24,25)26/h3-11,27H,1-2H3/b18-11+,27-19?. The summed E-state index contributed by atoms with van der Waals surface area (Å²) in [4.78, 5) is 16.3. The second-order valence-electron chi connectivity index (χ2n) is 7.62. The number of nitrogens with zero attached hydrogens (tertiary/aromatic N) is 4. The van der Waals surface area contributed by atoms with Crippen molar-refractivity contribution >= 4 is 50.6 Å². The van der Waals surface area contributed by atoms with Gasteiger partial charge in [-0.15, -0.1) is 0 Å². The number of fused-ring (bicyclic) bond motifs is 2. The van der Waals surface area contributed by atoms with Crippen LogP contribution in [0.25, 0.3) is 22.5 Å². The number of hydrogen-bond acceptors (Lipinski definition) is 4. The highest BCUT2D eigenvalue weighted by molar-refractivity contribution is 8.27. The number of halogens is 3. The van der Waals surface area contributed by atoms with Crippen LogP contribution >= 0.6 is 11.8 Å². The van der Waals surface area contributed by atoms with Crippen LogP contribution in [0, 0.1) is 19.3 Å². The normalized spacial score (nSPS) is 17.6. The van der Waals surface area contributed by atoms with Crippen LogP contribution < -0.4 is 0 Å². The smallest absolute Gasteiger partial charge is 0.318 e. The van der Waals surface area contributed by atoms with Crippen molar-refractivity contribution in [3.63, 3.8) is 0 Å². The highest BCUT2D eigenvalue weighted by atomic mass is 32.2. The molecule has 10 heteroatoms. The van der Waals surface area contributed by atoms with E-state index in [4.69, 9.17) is 5.41 Å². The molecule has 0 saturated carbocycles. The number of benzene rings is 2. The zero-order valence-corrected chi connectivity index (χ0v) is 18.3. The average Bonchev–Trinajstić information content (AvgIpc) is 3.31. The minimum atomic E-state index is -4.68. The Bertz CT molecular complexity index is 1450. The minimum absolute atomic E-state index is 0.120. The van der Waals surface area contributed by atoms with Gasteiger partial charge in [0.15, 0.2) is 5.84 Å².